The van der Waals surface area contributed by atoms with Gasteiger partial charge in [-0.3, -0.25) is 4.79 Å². The predicted octanol–water partition coefficient (Wildman–Crippen LogP) is 3.37. The number of hydrogen-bond donors (Lipinski definition) is 2. The average Bonchev–Trinajstić information content (AvgIpc) is 2.55. The monoisotopic (exact) mass is 376 g/mol. The maximum atomic E-state index is 12.0. The van der Waals surface area contributed by atoms with Crippen LogP contribution in [0.25, 0.3) is 10.8 Å². The summed E-state index contributed by atoms with van der Waals surface area (Å²) in [5.74, 6) is 0.641. The molecule has 23 heavy (non-hydrogen) atoms. The highest BCUT2D eigenvalue weighted by Crippen LogP contribution is 2.24. The number of benzene rings is 2. The number of rotatable bonds is 4. The summed E-state index contributed by atoms with van der Waals surface area (Å²) in [6, 6.07) is 12.4. The van der Waals surface area contributed by atoms with Crippen molar-refractivity contribution in [3.8, 4) is 5.75 Å². The van der Waals surface area contributed by atoms with E-state index in [2.05, 4.69) is 27.3 Å². The van der Waals surface area contributed by atoms with Gasteiger partial charge in [0.1, 0.15) is 5.75 Å². The molecule has 1 saturated carbocycles. The van der Waals surface area contributed by atoms with Crippen LogP contribution in [0.4, 0.5) is 0 Å². The van der Waals surface area contributed by atoms with E-state index < -0.39 is 0 Å². The van der Waals surface area contributed by atoms with Crippen LogP contribution in [0.2, 0.25) is 0 Å². The Bertz CT molecular complexity index is 696. The molecule has 0 saturated heterocycles. The Morgan fingerprint density at radius 2 is 1.83 bits per heavy atom. The summed E-state index contributed by atoms with van der Waals surface area (Å²) in [6.07, 6.45) is 3.87. The van der Waals surface area contributed by atoms with Gasteiger partial charge in [-0.25, -0.2) is 0 Å². The largest absolute Gasteiger partial charge is 0.484 e. The number of carbonyl (C=O) groups excluding carboxylic acids is 1. The molecular weight excluding hydrogens is 356 g/mol. The van der Waals surface area contributed by atoms with Gasteiger partial charge in [0.15, 0.2) is 6.61 Å². The molecule has 5 heteroatoms. The van der Waals surface area contributed by atoms with Crippen molar-refractivity contribution in [3.05, 3.63) is 40.9 Å². The van der Waals surface area contributed by atoms with Crippen molar-refractivity contribution in [3.63, 3.8) is 0 Å². The molecule has 1 fully saturated rings. The summed E-state index contributed by atoms with van der Waals surface area (Å²) < 4.78 is 6.67. The Labute approximate surface area is 144 Å². The molecule has 0 aromatic heterocycles. The second-order valence-corrected chi connectivity index (χ2v) is 7.04. The van der Waals surface area contributed by atoms with Crippen LogP contribution >= 0.6 is 15.9 Å². The third-order valence-electron chi connectivity index (χ3n) is 4.28. The van der Waals surface area contributed by atoms with Gasteiger partial charge in [-0.1, -0.05) is 28.1 Å². The molecule has 2 aromatic carbocycles. The first-order valence-corrected chi connectivity index (χ1v) is 8.76. The first kappa shape index (κ1) is 16.3. The lowest BCUT2D eigenvalue weighted by molar-refractivity contribution is -0.124. The summed E-state index contributed by atoms with van der Waals surface area (Å²) in [6.45, 7) is 0.0462. The van der Waals surface area contributed by atoms with Gasteiger partial charge in [0.05, 0.1) is 0 Å². The number of halogens is 1. The van der Waals surface area contributed by atoms with E-state index in [0.717, 1.165) is 40.9 Å². The van der Waals surface area contributed by atoms with Crippen LogP contribution in [-0.4, -0.2) is 24.6 Å². The van der Waals surface area contributed by atoms with Crippen LogP contribution in [0.5, 0.6) is 5.75 Å². The number of nitrogens with two attached hydrogens (primary N) is 1. The van der Waals surface area contributed by atoms with Crippen molar-refractivity contribution in [2.45, 2.75) is 37.8 Å². The minimum absolute atomic E-state index is 0.0462. The van der Waals surface area contributed by atoms with Gasteiger partial charge >= 0.3 is 0 Å². The van der Waals surface area contributed by atoms with E-state index in [4.69, 9.17) is 10.5 Å². The van der Waals surface area contributed by atoms with Gasteiger partial charge in [-0.2, -0.15) is 0 Å². The lowest BCUT2D eigenvalue weighted by Crippen LogP contribution is -2.42. The fraction of sp³-hybridized carbons (Fsp3) is 0.389. The molecule has 1 amide bonds. The molecule has 0 bridgehead atoms. The van der Waals surface area contributed by atoms with Crippen LogP contribution in [0.15, 0.2) is 40.9 Å². The number of fused-ring (bicyclic) bond motifs is 1. The van der Waals surface area contributed by atoms with Gasteiger partial charge in [0.2, 0.25) is 0 Å². The average molecular weight is 377 g/mol. The highest BCUT2D eigenvalue weighted by molar-refractivity contribution is 9.10. The van der Waals surface area contributed by atoms with E-state index in [1.54, 1.807) is 0 Å². The SMILES string of the molecule is NC1CCC(NC(=O)COc2ccc3cc(Br)ccc3c2)CC1. The molecule has 122 valence electrons. The fourth-order valence-corrected chi connectivity index (χ4v) is 3.35. The maximum absolute atomic E-state index is 12.0. The first-order valence-electron chi connectivity index (χ1n) is 7.97. The lowest BCUT2D eigenvalue weighted by atomic mass is 9.92. The number of carbonyl (C=O) groups is 1. The minimum Gasteiger partial charge on any atom is -0.484 e. The molecule has 0 atom stereocenters. The van der Waals surface area contributed by atoms with E-state index in [9.17, 15) is 4.79 Å². The number of ether oxygens (including phenoxy) is 1. The maximum Gasteiger partial charge on any atom is 0.258 e. The zero-order valence-corrected chi connectivity index (χ0v) is 14.5. The molecule has 1 aliphatic rings. The summed E-state index contributed by atoms with van der Waals surface area (Å²) in [5.41, 5.74) is 5.88. The van der Waals surface area contributed by atoms with Gasteiger partial charge in [0.25, 0.3) is 5.91 Å². The van der Waals surface area contributed by atoms with E-state index in [1.807, 2.05) is 30.3 Å². The highest BCUT2D eigenvalue weighted by Gasteiger charge is 2.20. The van der Waals surface area contributed by atoms with Crippen LogP contribution in [0.1, 0.15) is 25.7 Å². The van der Waals surface area contributed by atoms with Gasteiger partial charge < -0.3 is 15.8 Å². The van der Waals surface area contributed by atoms with Gasteiger partial charge in [0, 0.05) is 16.6 Å². The molecular formula is C18H21BrN2O2. The normalized spacial score (nSPS) is 21.1. The molecule has 4 nitrogen and oxygen atoms in total. The predicted molar refractivity (Wildman–Crippen MR) is 95.5 cm³/mol. The molecule has 3 N–H and O–H groups in total. The Hall–Kier alpha value is -1.59. The molecule has 2 aromatic rings. The fourth-order valence-electron chi connectivity index (χ4n) is 2.97. The number of amides is 1. The van der Waals surface area contributed by atoms with Crippen molar-refractivity contribution < 1.29 is 9.53 Å². The van der Waals surface area contributed by atoms with Crippen molar-refractivity contribution in [1.29, 1.82) is 0 Å². The van der Waals surface area contributed by atoms with Crippen LogP contribution < -0.4 is 15.8 Å². The second-order valence-electron chi connectivity index (χ2n) is 6.12. The molecule has 3 rings (SSSR count). The zero-order chi connectivity index (χ0) is 16.2. The topological polar surface area (TPSA) is 64.3 Å². The first-order chi connectivity index (χ1) is 11.1. The van der Waals surface area contributed by atoms with Crippen molar-refractivity contribution in [1.82, 2.24) is 5.32 Å². The Morgan fingerprint density at radius 1 is 1.13 bits per heavy atom. The molecule has 1 aliphatic carbocycles. The Balaban J connectivity index is 1.53. The van der Waals surface area contributed by atoms with Crippen molar-refractivity contribution >= 4 is 32.6 Å². The number of nitrogens with one attached hydrogen (secondary N) is 1. The molecule has 0 spiro atoms. The summed E-state index contributed by atoms with van der Waals surface area (Å²) in [4.78, 5) is 12.0. The second kappa shape index (κ2) is 7.32. The Morgan fingerprint density at radius 3 is 2.61 bits per heavy atom. The van der Waals surface area contributed by atoms with Crippen molar-refractivity contribution in [2.24, 2.45) is 5.73 Å². The quantitative estimate of drug-likeness (QED) is 0.859. The molecule has 0 radical (unpaired) electrons. The van der Waals surface area contributed by atoms with E-state index in [1.165, 1.54) is 0 Å². The number of hydrogen-bond acceptors (Lipinski definition) is 3. The van der Waals surface area contributed by atoms with E-state index in [0.29, 0.717) is 5.75 Å². The summed E-state index contributed by atoms with van der Waals surface area (Å²) in [5, 5.41) is 5.25. The molecule has 0 heterocycles. The zero-order valence-electron chi connectivity index (χ0n) is 12.9. The highest BCUT2D eigenvalue weighted by atomic mass is 79.9. The van der Waals surface area contributed by atoms with Gasteiger partial charge in [-0.15, -0.1) is 0 Å². The summed E-state index contributed by atoms with van der Waals surface area (Å²) in [7, 11) is 0. The van der Waals surface area contributed by atoms with Gasteiger partial charge in [-0.05, 0) is 60.7 Å². The van der Waals surface area contributed by atoms with E-state index >= 15 is 0 Å². The Kier molecular flexibility index (Phi) is 5.18. The van der Waals surface area contributed by atoms with Crippen LogP contribution in [-0.2, 0) is 4.79 Å². The smallest absolute Gasteiger partial charge is 0.258 e. The molecule has 0 aliphatic heterocycles. The molecule has 0 unspecified atom stereocenters. The third-order valence-corrected chi connectivity index (χ3v) is 4.77. The lowest BCUT2D eigenvalue weighted by Gasteiger charge is -2.26. The van der Waals surface area contributed by atoms with Crippen LogP contribution in [0.3, 0.4) is 0 Å². The standard InChI is InChI=1S/C18H21BrN2O2/c19-14-3-1-13-10-17(8-2-12(13)9-14)23-11-18(22)21-16-6-4-15(20)5-7-16/h1-3,8-10,15-16H,4-7,11,20H2,(H,21,22). The third kappa shape index (κ3) is 4.45. The minimum atomic E-state index is -0.0682. The van der Waals surface area contributed by atoms with E-state index in [-0.39, 0.29) is 24.6 Å². The summed E-state index contributed by atoms with van der Waals surface area (Å²) >= 11 is 3.46. The van der Waals surface area contributed by atoms with Crippen molar-refractivity contribution in [2.75, 3.05) is 6.61 Å². The van der Waals surface area contributed by atoms with Crippen LogP contribution in [0, 0.1) is 0 Å².